The number of benzene rings is 1. The van der Waals surface area contributed by atoms with Crippen molar-refractivity contribution in [1.82, 2.24) is 0 Å². The first-order chi connectivity index (χ1) is 7.68. The van der Waals surface area contributed by atoms with E-state index in [0.717, 1.165) is 11.1 Å². The molecule has 2 aromatic rings. The highest BCUT2D eigenvalue weighted by molar-refractivity contribution is 7.08. The van der Waals surface area contributed by atoms with Crippen LogP contribution in [-0.4, -0.2) is 11.1 Å². The van der Waals surface area contributed by atoms with Crippen molar-refractivity contribution in [2.24, 2.45) is 5.73 Å². The zero-order valence-corrected chi connectivity index (χ0v) is 10.5. The molecule has 0 aliphatic heterocycles. The van der Waals surface area contributed by atoms with E-state index in [0.29, 0.717) is 0 Å². The number of rotatable bonds is 3. The van der Waals surface area contributed by atoms with Gasteiger partial charge in [0.15, 0.2) is 0 Å². The summed E-state index contributed by atoms with van der Waals surface area (Å²) in [4.78, 5) is 10.7. The lowest BCUT2D eigenvalue weighted by Gasteiger charge is -2.10. The Morgan fingerprint density at radius 2 is 1.82 bits per heavy atom. The molecule has 0 saturated carbocycles. The third-order valence-corrected chi connectivity index (χ3v) is 3.12. The van der Waals surface area contributed by atoms with Crippen molar-refractivity contribution in [3.63, 3.8) is 0 Å². The van der Waals surface area contributed by atoms with Gasteiger partial charge < -0.3 is 10.8 Å². The van der Waals surface area contributed by atoms with Crippen LogP contribution in [-0.2, 0) is 0 Å². The van der Waals surface area contributed by atoms with Gasteiger partial charge in [-0.05, 0) is 40.1 Å². The second kappa shape index (κ2) is 5.82. The van der Waals surface area contributed by atoms with Crippen LogP contribution in [0.25, 0.3) is 0 Å². The lowest BCUT2D eigenvalue weighted by molar-refractivity contribution is 0.0697. The molecule has 0 spiro atoms. The topological polar surface area (TPSA) is 63.3 Å². The van der Waals surface area contributed by atoms with Crippen LogP contribution in [0.5, 0.6) is 0 Å². The van der Waals surface area contributed by atoms with Crippen LogP contribution in [0.4, 0.5) is 0 Å². The molecular weight excluding hydrogens is 258 g/mol. The van der Waals surface area contributed by atoms with E-state index in [1.807, 2.05) is 16.8 Å². The van der Waals surface area contributed by atoms with E-state index in [1.165, 1.54) is 0 Å². The molecule has 17 heavy (non-hydrogen) atoms. The number of carboxylic acid groups (broad SMARTS) is 1. The quantitative estimate of drug-likeness (QED) is 0.901. The first-order valence-corrected chi connectivity index (χ1v) is 5.73. The molecule has 5 heteroatoms. The number of nitrogens with two attached hydrogens (primary N) is 1. The van der Waals surface area contributed by atoms with Crippen molar-refractivity contribution in [3.05, 3.63) is 57.8 Å². The number of halogens is 1. The smallest absolute Gasteiger partial charge is 0.335 e. The summed E-state index contributed by atoms with van der Waals surface area (Å²) in [6, 6.07) is 8.44. The summed E-state index contributed by atoms with van der Waals surface area (Å²) >= 11 is 1.60. The fourth-order valence-corrected chi connectivity index (χ4v) is 2.17. The molecule has 1 atom stereocenters. The van der Waals surface area contributed by atoms with Crippen molar-refractivity contribution >= 4 is 29.7 Å². The van der Waals surface area contributed by atoms with Gasteiger partial charge in [0.2, 0.25) is 0 Å². The maximum atomic E-state index is 10.7. The summed E-state index contributed by atoms with van der Waals surface area (Å²) in [6.07, 6.45) is 0. The molecule has 0 amide bonds. The standard InChI is InChI=1S/C12H11NO2S.ClH/c13-11(10-5-6-16-7-10)8-1-3-9(4-2-8)12(14)15;/h1-7,11H,13H2,(H,14,15);1H/t11-;/m0./s1. The van der Waals surface area contributed by atoms with E-state index in [1.54, 1.807) is 35.6 Å². The predicted octanol–water partition coefficient (Wildman–Crippen LogP) is 2.92. The second-order valence-corrected chi connectivity index (χ2v) is 4.24. The third-order valence-electron chi connectivity index (χ3n) is 2.42. The van der Waals surface area contributed by atoms with Gasteiger partial charge in [-0.2, -0.15) is 11.3 Å². The molecule has 2 rings (SSSR count). The zero-order valence-electron chi connectivity index (χ0n) is 8.87. The van der Waals surface area contributed by atoms with Crippen LogP contribution in [0.2, 0.25) is 0 Å². The van der Waals surface area contributed by atoms with Crippen LogP contribution >= 0.6 is 23.7 Å². The van der Waals surface area contributed by atoms with Crippen LogP contribution in [0.3, 0.4) is 0 Å². The minimum absolute atomic E-state index is 0. The maximum absolute atomic E-state index is 10.7. The monoisotopic (exact) mass is 269 g/mol. The Kier molecular flexibility index (Phi) is 4.69. The molecule has 1 heterocycles. The molecule has 0 saturated heterocycles. The minimum atomic E-state index is -0.921. The molecule has 1 aromatic heterocycles. The number of aromatic carboxylic acids is 1. The molecule has 90 valence electrons. The van der Waals surface area contributed by atoms with Crippen LogP contribution in [0.1, 0.15) is 27.5 Å². The molecule has 0 aliphatic carbocycles. The SMILES string of the molecule is Cl.N[C@@H](c1ccc(C(=O)O)cc1)c1ccsc1. The van der Waals surface area contributed by atoms with Crippen molar-refractivity contribution < 1.29 is 9.90 Å². The predicted molar refractivity (Wildman–Crippen MR) is 71.0 cm³/mol. The first kappa shape index (κ1) is 13.7. The third kappa shape index (κ3) is 3.06. The largest absolute Gasteiger partial charge is 0.478 e. The number of hydrogen-bond donors (Lipinski definition) is 2. The molecule has 3 nitrogen and oxygen atoms in total. The summed E-state index contributed by atoms with van der Waals surface area (Å²) in [6.45, 7) is 0. The zero-order chi connectivity index (χ0) is 11.5. The van der Waals surface area contributed by atoms with Crippen molar-refractivity contribution in [2.75, 3.05) is 0 Å². The second-order valence-electron chi connectivity index (χ2n) is 3.46. The van der Waals surface area contributed by atoms with Gasteiger partial charge in [-0.15, -0.1) is 12.4 Å². The summed E-state index contributed by atoms with van der Waals surface area (Å²) in [5, 5.41) is 12.7. The van der Waals surface area contributed by atoms with Crippen molar-refractivity contribution in [3.8, 4) is 0 Å². The van der Waals surface area contributed by atoms with E-state index in [-0.39, 0.29) is 24.0 Å². The Hall–Kier alpha value is -1.36. The van der Waals surface area contributed by atoms with Crippen molar-refractivity contribution in [1.29, 1.82) is 0 Å². The highest BCUT2D eigenvalue weighted by atomic mass is 35.5. The van der Waals surface area contributed by atoms with E-state index < -0.39 is 5.97 Å². The summed E-state index contributed by atoms with van der Waals surface area (Å²) in [5.41, 5.74) is 8.29. The Bertz CT molecular complexity index is 482. The van der Waals surface area contributed by atoms with Gasteiger partial charge >= 0.3 is 5.97 Å². The number of hydrogen-bond acceptors (Lipinski definition) is 3. The van der Waals surface area contributed by atoms with E-state index >= 15 is 0 Å². The van der Waals surface area contributed by atoms with Gasteiger partial charge in [-0.1, -0.05) is 12.1 Å². The normalized spacial score (nSPS) is 11.6. The molecular formula is C12H12ClNO2S. The Labute approximate surface area is 109 Å². The van der Waals surface area contributed by atoms with Gasteiger partial charge in [0, 0.05) is 0 Å². The fraction of sp³-hybridized carbons (Fsp3) is 0.0833. The average molecular weight is 270 g/mol. The first-order valence-electron chi connectivity index (χ1n) is 4.79. The number of carboxylic acids is 1. The fourth-order valence-electron chi connectivity index (χ4n) is 1.48. The van der Waals surface area contributed by atoms with E-state index in [2.05, 4.69) is 0 Å². The Morgan fingerprint density at radius 1 is 1.18 bits per heavy atom. The van der Waals surface area contributed by atoms with Crippen molar-refractivity contribution in [2.45, 2.75) is 6.04 Å². The Balaban J connectivity index is 0.00000144. The highest BCUT2D eigenvalue weighted by Crippen LogP contribution is 2.21. The molecule has 0 radical (unpaired) electrons. The highest BCUT2D eigenvalue weighted by Gasteiger charge is 2.10. The molecule has 0 unspecified atom stereocenters. The van der Waals surface area contributed by atoms with Gasteiger partial charge in [-0.3, -0.25) is 0 Å². The molecule has 1 aromatic carbocycles. The molecule has 0 bridgehead atoms. The molecule has 0 fully saturated rings. The van der Waals surface area contributed by atoms with Gasteiger partial charge in [0.1, 0.15) is 0 Å². The summed E-state index contributed by atoms with van der Waals surface area (Å²) in [5.74, 6) is -0.921. The van der Waals surface area contributed by atoms with E-state index in [4.69, 9.17) is 10.8 Å². The molecule has 0 aliphatic rings. The van der Waals surface area contributed by atoms with Gasteiger partial charge in [-0.25, -0.2) is 4.79 Å². The average Bonchev–Trinajstić information content (AvgIpc) is 2.81. The Morgan fingerprint density at radius 3 is 2.29 bits per heavy atom. The lowest BCUT2D eigenvalue weighted by Crippen LogP contribution is -2.11. The lowest BCUT2D eigenvalue weighted by atomic mass is 10.0. The maximum Gasteiger partial charge on any atom is 0.335 e. The number of carbonyl (C=O) groups is 1. The minimum Gasteiger partial charge on any atom is -0.478 e. The molecule has 3 N–H and O–H groups in total. The van der Waals surface area contributed by atoms with E-state index in [9.17, 15) is 4.79 Å². The van der Waals surface area contributed by atoms with Gasteiger partial charge in [0.05, 0.1) is 11.6 Å². The summed E-state index contributed by atoms with van der Waals surface area (Å²) in [7, 11) is 0. The van der Waals surface area contributed by atoms with Crippen LogP contribution in [0.15, 0.2) is 41.1 Å². The van der Waals surface area contributed by atoms with Gasteiger partial charge in [0.25, 0.3) is 0 Å². The number of thiophene rings is 1. The van der Waals surface area contributed by atoms with Crippen LogP contribution < -0.4 is 5.73 Å². The summed E-state index contributed by atoms with van der Waals surface area (Å²) < 4.78 is 0. The van der Waals surface area contributed by atoms with Crippen LogP contribution in [0, 0.1) is 0 Å².